The molecule has 1 atom stereocenters. The molecule has 0 aliphatic carbocycles. The minimum Gasteiger partial charge on any atom is -0.511 e. The predicted molar refractivity (Wildman–Crippen MR) is 223 cm³/mol. The summed E-state index contributed by atoms with van der Waals surface area (Å²) in [6.07, 6.45) is 0. The Kier molecular flexibility index (Phi) is 12.8. The van der Waals surface area contributed by atoms with Gasteiger partial charge in [0, 0.05) is 10.0 Å². The fourth-order valence-corrected chi connectivity index (χ4v) is 6.88. The fraction of sp³-hybridized carbons (Fsp3) is 0.341. The number of nitrogens with zero attached hydrogens (tertiary/aromatic N) is 2. The molecule has 0 spiro atoms. The number of esters is 2. The Morgan fingerprint density at radius 3 is 1.47 bits per heavy atom. The maximum atomic E-state index is 13.5. The molecule has 0 radical (unpaired) electrons. The maximum Gasteiger partial charge on any atom is 0.399 e. The number of halogens is 2. The molecule has 2 heterocycles. The number of nitro groups is 1. The molecule has 1 saturated heterocycles. The summed E-state index contributed by atoms with van der Waals surface area (Å²) in [7, 11) is 0. The van der Waals surface area contributed by atoms with Crippen LogP contribution in [0.3, 0.4) is 0 Å². The lowest BCUT2D eigenvalue weighted by molar-refractivity contribution is -0.742. The van der Waals surface area contributed by atoms with Crippen LogP contribution in [-0.4, -0.2) is 49.2 Å². The first-order chi connectivity index (χ1) is 27.1. The van der Waals surface area contributed by atoms with E-state index in [0.29, 0.717) is 26.7 Å². The van der Waals surface area contributed by atoms with Gasteiger partial charge in [-0.1, -0.05) is 71.7 Å². The molecular formula is C44H46Cl2N2O11. The zero-order valence-corrected chi connectivity index (χ0v) is 35.8. The highest BCUT2D eigenvalue weighted by atomic mass is 35.5. The number of aliphatic hydroxyl groups is 1. The topological polar surface area (TPSA) is 196 Å². The molecule has 0 aromatic heterocycles. The Morgan fingerprint density at radius 1 is 0.610 bits per heavy atom. The summed E-state index contributed by atoms with van der Waals surface area (Å²) < 4.78 is 11.2. The smallest absolute Gasteiger partial charge is 0.399 e. The van der Waals surface area contributed by atoms with Crippen LogP contribution in [0.5, 0.6) is 0 Å². The first-order valence-corrected chi connectivity index (χ1v) is 19.1. The predicted octanol–water partition coefficient (Wildman–Crippen LogP) is 10.3. The molecule has 0 bridgehead atoms. The Bertz CT molecular complexity index is 2360. The van der Waals surface area contributed by atoms with Gasteiger partial charge in [-0.2, -0.15) is 0 Å². The lowest BCUT2D eigenvalue weighted by atomic mass is 9.63. The van der Waals surface area contributed by atoms with Crippen LogP contribution in [0.4, 0.5) is 0 Å². The van der Waals surface area contributed by atoms with Crippen molar-refractivity contribution in [2.45, 2.75) is 86.0 Å². The summed E-state index contributed by atoms with van der Waals surface area (Å²) in [5.41, 5.74) is -0.936. The van der Waals surface area contributed by atoms with E-state index in [2.05, 4.69) is 0 Å². The van der Waals surface area contributed by atoms with E-state index in [1.165, 1.54) is 6.07 Å². The van der Waals surface area contributed by atoms with E-state index in [-0.39, 0.29) is 16.9 Å². The number of ether oxygens (including phenoxy) is 2. The SMILES string of the molecule is Cc1ccc(-c2ccc(Cl)cc2)cc1C1([N+](=O)[O-])C(=O)OC(C)(C)C(C)(C)C1=O.Cc1ccc(-c2ccc(Cl)cc2)cc1C1=C(O)C(C)(C)C(C)(C)OC1=O.O=[N+]([O-])O. The number of aliphatic hydroxyl groups excluding tert-OH is 1. The standard InChI is InChI=1S/C22H22ClNO5.C22H23ClO3.HNO3/c1-13-6-7-15(14-8-10-16(23)11-9-14)12-17(13)22(24(27)28)18(25)20(2,3)21(4,5)29-19(22)26;1-13-6-7-15(14-8-10-16(23)11-9-14)12-17(13)18-19(24)21(2,3)22(4,5)26-20(18)25;2-1(3)4/h6-12H,1-5H3;6-12,24H,1-5H3;(H,2,3,4). The molecule has 1 fully saturated rings. The molecule has 59 heavy (non-hydrogen) atoms. The third kappa shape index (κ3) is 8.53. The van der Waals surface area contributed by atoms with Crippen molar-refractivity contribution >= 4 is 46.5 Å². The van der Waals surface area contributed by atoms with E-state index in [9.17, 15) is 29.6 Å². The summed E-state index contributed by atoms with van der Waals surface area (Å²) in [5.74, 6) is -2.38. The molecule has 1 unspecified atom stereocenters. The average molecular weight is 850 g/mol. The van der Waals surface area contributed by atoms with Gasteiger partial charge in [0.15, 0.2) is 0 Å². The molecule has 2 aliphatic heterocycles. The van der Waals surface area contributed by atoms with Crippen LogP contribution in [0.25, 0.3) is 27.8 Å². The summed E-state index contributed by atoms with van der Waals surface area (Å²) in [6.45, 7) is 17.3. The van der Waals surface area contributed by atoms with Crippen LogP contribution in [0.2, 0.25) is 10.0 Å². The van der Waals surface area contributed by atoms with Crippen molar-refractivity contribution in [3.05, 3.63) is 143 Å². The van der Waals surface area contributed by atoms with Gasteiger partial charge in [0.2, 0.25) is 5.78 Å². The Balaban J connectivity index is 0.000000240. The molecule has 0 saturated carbocycles. The van der Waals surface area contributed by atoms with Crippen molar-refractivity contribution in [2.24, 2.45) is 10.8 Å². The van der Waals surface area contributed by atoms with Gasteiger partial charge in [0.1, 0.15) is 22.5 Å². The molecule has 2 aliphatic rings. The third-order valence-corrected chi connectivity index (χ3v) is 12.2. The summed E-state index contributed by atoms with van der Waals surface area (Å²) in [6, 6.07) is 25.3. The molecule has 0 amide bonds. The Hall–Kier alpha value is -5.79. The van der Waals surface area contributed by atoms with E-state index in [1.54, 1.807) is 71.0 Å². The van der Waals surface area contributed by atoms with E-state index in [0.717, 1.165) is 22.3 Å². The van der Waals surface area contributed by atoms with Crippen LogP contribution >= 0.6 is 23.2 Å². The van der Waals surface area contributed by atoms with Crippen molar-refractivity contribution < 1.29 is 44.2 Å². The van der Waals surface area contributed by atoms with E-state index in [1.807, 2.05) is 77.1 Å². The van der Waals surface area contributed by atoms with E-state index >= 15 is 0 Å². The van der Waals surface area contributed by atoms with Crippen LogP contribution in [0, 0.1) is 44.9 Å². The highest BCUT2D eigenvalue weighted by molar-refractivity contribution is 6.31. The van der Waals surface area contributed by atoms with Gasteiger partial charge in [-0.15, -0.1) is 10.1 Å². The third-order valence-electron chi connectivity index (χ3n) is 11.7. The number of rotatable bonds is 5. The quantitative estimate of drug-likeness (QED) is 0.0839. The molecule has 4 aromatic rings. The Morgan fingerprint density at radius 2 is 1.02 bits per heavy atom. The van der Waals surface area contributed by atoms with Crippen LogP contribution < -0.4 is 0 Å². The lowest BCUT2D eigenvalue weighted by Crippen LogP contribution is -2.67. The number of benzene rings is 4. The van der Waals surface area contributed by atoms with Crippen molar-refractivity contribution in [2.75, 3.05) is 0 Å². The number of hydrogen-bond acceptors (Lipinski definition) is 10. The summed E-state index contributed by atoms with van der Waals surface area (Å²) in [4.78, 5) is 59.1. The lowest BCUT2D eigenvalue weighted by Gasteiger charge is -2.46. The largest absolute Gasteiger partial charge is 0.511 e. The zero-order valence-electron chi connectivity index (χ0n) is 34.3. The molecule has 312 valence electrons. The van der Waals surface area contributed by atoms with Gasteiger partial charge in [-0.3, -0.25) is 14.9 Å². The molecule has 2 N–H and O–H groups in total. The molecule has 15 heteroatoms. The minimum atomic E-state index is -2.62. The van der Waals surface area contributed by atoms with Gasteiger partial charge in [0.25, 0.3) is 5.09 Å². The van der Waals surface area contributed by atoms with Crippen LogP contribution in [0.1, 0.15) is 77.6 Å². The summed E-state index contributed by atoms with van der Waals surface area (Å²) >= 11 is 11.9. The van der Waals surface area contributed by atoms with E-state index in [4.69, 9.17) is 48.0 Å². The number of Topliss-reactive ketones (excluding diaryl/α,β-unsaturated/α-hetero) is 1. The van der Waals surface area contributed by atoms with Crippen molar-refractivity contribution in [3.8, 4) is 22.3 Å². The van der Waals surface area contributed by atoms with Gasteiger partial charge >= 0.3 is 17.5 Å². The number of carbonyl (C=O) groups is 3. The van der Waals surface area contributed by atoms with Gasteiger partial charge < -0.3 is 19.8 Å². The second-order valence-corrected chi connectivity index (χ2v) is 17.3. The summed E-state index contributed by atoms with van der Waals surface area (Å²) in [5, 5.41) is 38.1. The number of aryl methyl sites for hydroxylation is 2. The number of carbonyl (C=O) groups excluding carboxylic acids is 3. The van der Waals surface area contributed by atoms with Gasteiger partial charge in [-0.25, -0.2) is 9.59 Å². The van der Waals surface area contributed by atoms with Crippen LogP contribution in [0.15, 0.2) is 90.7 Å². The number of hydrogen-bond donors (Lipinski definition) is 2. The first-order valence-electron chi connectivity index (χ1n) is 18.3. The number of ketones is 1. The van der Waals surface area contributed by atoms with Crippen molar-refractivity contribution in [1.82, 2.24) is 0 Å². The minimum absolute atomic E-state index is 0.0218. The molecule has 4 aromatic carbocycles. The Labute approximate surface area is 351 Å². The van der Waals surface area contributed by atoms with Crippen molar-refractivity contribution in [3.63, 3.8) is 0 Å². The monoisotopic (exact) mass is 848 g/mol. The second kappa shape index (κ2) is 16.5. The zero-order chi connectivity index (χ0) is 44.6. The molecule has 13 nitrogen and oxygen atoms in total. The highest BCUT2D eigenvalue weighted by Crippen LogP contribution is 2.50. The van der Waals surface area contributed by atoms with Crippen LogP contribution in [-0.2, 0) is 29.4 Å². The fourth-order valence-electron chi connectivity index (χ4n) is 6.63. The molecule has 6 rings (SSSR count). The number of cyclic esters (lactones) is 2. The molecular weight excluding hydrogens is 803 g/mol. The normalized spacial score (nSPS) is 19.8. The van der Waals surface area contributed by atoms with Gasteiger partial charge in [0.05, 0.1) is 21.3 Å². The van der Waals surface area contributed by atoms with Gasteiger partial charge in [-0.05, 0) is 145 Å². The van der Waals surface area contributed by atoms with Crippen molar-refractivity contribution in [1.29, 1.82) is 0 Å². The average Bonchev–Trinajstić information content (AvgIpc) is 3.12. The highest BCUT2D eigenvalue weighted by Gasteiger charge is 2.72. The van der Waals surface area contributed by atoms with E-state index < -0.39 is 55.3 Å². The first kappa shape index (κ1) is 45.9. The second-order valence-electron chi connectivity index (χ2n) is 16.4. The maximum absolute atomic E-state index is 13.5.